The van der Waals surface area contributed by atoms with E-state index in [4.69, 9.17) is 5.11 Å². The van der Waals surface area contributed by atoms with Crippen LogP contribution in [-0.4, -0.2) is 16.4 Å². The number of aliphatic carboxylic acids is 1. The van der Waals surface area contributed by atoms with Gasteiger partial charge in [0.1, 0.15) is 0 Å². The maximum atomic E-state index is 10.4. The van der Waals surface area contributed by atoms with Gasteiger partial charge >= 0.3 is 5.97 Å². The molecular formula is C13H13BrO2. The molecule has 0 aliphatic carbocycles. The van der Waals surface area contributed by atoms with Crippen LogP contribution in [0.4, 0.5) is 0 Å². The van der Waals surface area contributed by atoms with Crippen LogP contribution >= 0.6 is 15.9 Å². The molecule has 0 atom stereocenters. The highest BCUT2D eigenvalue weighted by Gasteiger charge is 1.99. The molecule has 1 rings (SSSR count). The lowest BCUT2D eigenvalue weighted by molar-refractivity contribution is -0.136. The zero-order valence-corrected chi connectivity index (χ0v) is 10.5. The maximum absolute atomic E-state index is 10.4. The first-order valence-corrected chi connectivity index (χ1v) is 6.20. The second-order valence-corrected chi connectivity index (χ2v) is 4.13. The summed E-state index contributed by atoms with van der Waals surface area (Å²) in [6.07, 6.45) is 1.54. The second kappa shape index (κ2) is 7.08. The van der Waals surface area contributed by atoms with Gasteiger partial charge in [-0.25, -0.2) is 0 Å². The van der Waals surface area contributed by atoms with Crippen molar-refractivity contribution < 1.29 is 9.90 Å². The molecule has 1 aromatic rings. The molecule has 16 heavy (non-hydrogen) atoms. The fourth-order valence-electron chi connectivity index (χ4n) is 1.27. The highest BCUT2D eigenvalue weighted by atomic mass is 79.9. The van der Waals surface area contributed by atoms with Crippen LogP contribution in [0.1, 0.15) is 24.0 Å². The van der Waals surface area contributed by atoms with Crippen LogP contribution in [0.25, 0.3) is 0 Å². The van der Waals surface area contributed by atoms with Gasteiger partial charge in [-0.1, -0.05) is 39.9 Å². The van der Waals surface area contributed by atoms with Gasteiger partial charge in [0.2, 0.25) is 0 Å². The van der Waals surface area contributed by atoms with Crippen LogP contribution in [0.2, 0.25) is 0 Å². The average Bonchev–Trinajstić information content (AvgIpc) is 2.27. The van der Waals surface area contributed by atoms with Gasteiger partial charge in [0.05, 0.1) is 0 Å². The van der Waals surface area contributed by atoms with E-state index in [0.29, 0.717) is 6.42 Å². The van der Waals surface area contributed by atoms with Crippen molar-refractivity contribution in [1.29, 1.82) is 0 Å². The Labute approximate surface area is 104 Å². The third-order valence-corrected chi connectivity index (χ3v) is 2.40. The molecule has 0 aliphatic rings. The van der Waals surface area contributed by atoms with Crippen molar-refractivity contribution in [3.05, 3.63) is 35.4 Å². The third-order valence-electron chi connectivity index (χ3n) is 2.01. The molecule has 0 saturated heterocycles. The van der Waals surface area contributed by atoms with E-state index in [1.807, 2.05) is 24.3 Å². The SMILES string of the molecule is O=C(O)CCc1cccc(C#CCCBr)c1. The van der Waals surface area contributed by atoms with Gasteiger partial charge in [0.25, 0.3) is 0 Å². The van der Waals surface area contributed by atoms with Gasteiger partial charge in [-0.2, -0.15) is 0 Å². The Balaban J connectivity index is 2.64. The van der Waals surface area contributed by atoms with Crippen LogP contribution < -0.4 is 0 Å². The lowest BCUT2D eigenvalue weighted by atomic mass is 10.1. The Kier molecular flexibility index (Phi) is 5.66. The normalized spacial score (nSPS) is 9.31. The van der Waals surface area contributed by atoms with Crippen molar-refractivity contribution in [1.82, 2.24) is 0 Å². The molecule has 0 amide bonds. The van der Waals surface area contributed by atoms with Gasteiger partial charge in [0.15, 0.2) is 0 Å². The smallest absolute Gasteiger partial charge is 0.303 e. The van der Waals surface area contributed by atoms with Gasteiger partial charge in [-0.15, -0.1) is 0 Å². The summed E-state index contributed by atoms with van der Waals surface area (Å²) in [5.41, 5.74) is 1.97. The summed E-state index contributed by atoms with van der Waals surface area (Å²) in [6.45, 7) is 0. The predicted molar refractivity (Wildman–Crippen MR) is 67.7 cm³/mol. The lowest BCUT2D eigenvalue weighted by Crippen LogP contribution is -1.97. The van der Waals surface area contributed by atoms with Crippen LogP contribution in [-0.2, 0) is 11.2 Å². The number of halogens is 1. The van der Waals surface area contributed by atoms with Crippen molar-refractivity contribution in [2.75, 3.05) is 5.33 Å². The number of hydrogen-bond acceptors (Lipinski definition) is 1. The number of alkyl halides is 1. The zero-order valence-electron chi connectivity index (χ0n) is 8.87. The maximum Gasteiger partial charge on any atom is 0.303 e. The van der Waals surface area contributed by atoms with E-state index in [-0.39, 0.29) is 6.42 Å². The molecule has 1 N–H and O–H groups in total. The number of benzene rings is 1. The minimum Gasteiger partial charge on any atom is -0.481 e. The monoisotopic (exact) mass is 280 g/mol. The van der Waals surface area contributed by atoms with E-state index in [2.05, 4.69) is 27.8 Å². The molecule has 0 aromatic heterocycles. The summed E-state index contributed by atoms with van der Waals surface area (Å²) in [5, 5.41) is 9.46. The van der Waals surface area contributed by atoms with Crippen molar-refractivity contribution >= 4 is 21.9 Å². The number of carboxylic acids is 1. The van der Waals surface area contributed by atoms with E-state index in [1.165, 1.54) is 0 Å². The highest BCUT2D eigenvalue weighted by molar-refractivity contribution is 9.09. The lowest BCUT2D eigenvalue weighted by Gasteiger charge is -1.98. The number of carbonyl (C=O) groups is 1. The number of carboxylic acid groups (broad SMARTS) is 1. The van der Waals surface area contributed by atoms with E-state index in [0.717, 1.165) is 22.9 Å². The van der Waals surface area contributed by atoms with Crippen LogP contribution in [0, 0.1) is 11.8 Å². The molecule has 0 radical (unpaired) electrons. The Morgan fingerprint density at radius 1 is 1.44 bits per heavy atom. The largest absolute Gasteiger partial charge is 0.481 e. The van der Waals surface area contributed by atoms with Crippen molar-refractivity contribution in [3.8, 4) is 11.8 Å². The molecule has 0 saturated carbocycles. The number of rotatable bonds is 4. The average molecular weight is 281 g/mol. The first-order chi connectivity index (χ1) is 7.72. The topological polar surface area (TPSA) is 37.3 Å². The van der Waals surface area contributed by atoms with E-state index in [9.17, 15) is 4.79 Å². The molecule has 0 bridgehead atoms. The number of hydrogen-bond donors (Lipinski definition) is 1. The molecule has 1 aromatic carbocycles. The fourth-order valence-corrected chi connectivity index (χ4v) is 1.47. The molecule has 0 spiro atoms. The van der Waals surface area contributed by atoms with Gasteiger partial charge in [-0.05, 0) is 24.1 Å². The molecular weight excluding hydrogens is 268 g/mol. The summed E-state index contributed by atoms with van der Waals surface area (Å²) in [6, 6.07) is 7.73. The molecule has 84 valence electrons. The highest BCUT2D eigenvalue weighted by Crippen LogP contribution is 2.06. The minimum absolute atomic E-state index is 0.165. The first kappa shape index (κ1) is 12.8. The Morgan fingerprint density at radius 2 is 2.25 bits per heavy atom. The van der Waals surface area contributed by atoms with Gasteiger partial charge in [0, 0.05) is 23.7 Å². The fraction of sp³-hybridized carbons (Fsp3) is 0.308. The minimum atomic E-state index is -0.768. The molecule has 0 aliphatic heterocycles. The molecule has 0 heterocycles. The second-order valence-electron chi connectivity index (χ2n) is 3.33. The van der Waals surface area contributed by atoms with Crippen LogP contribution in [0.5, 0.6) is 0 Å². The Hall–Kier alpha value is -1.27. The molecule has 0 unspecified atom stereocenters. The van der Waals surface area contributed by atoms with E-state index >= 15 is 0 Å². The molecule has 2 nitrogen and oxygen atoms in total. The van der Waals surface area contributed by atoms with Crippen molar-refractivity contribution in [2.24, 2.45) is 0 Å². The number of aryl methyl sites for hydroxylation is 1. The Bertz CT molecular complexity index is 415. The predicted octanol–water partition coefficient (Wildman–Crippen LogP) is 2.84. The van der Waals surface area contributed by atoms with Gasteiger partial charge in [-0.3, -0.25) is 4.79 Å². The molecule has 0 fully saturated rings. The standard InChI is InChI=1S/C13H13BrO2/c14-9-2-1-4-11-5-3-6-12(10-11)7-8-13(15)16/h3,5-6,10H,2,7-9H2,(H,15,16). The summed E-state index contributed by atoms with van der Waals surface area (Å²) < 4.78 is 0. The first-order valence-electron chi connectivity index (χ1n) is 5.08. The Morgan fingerprint density at radius 3 is 2.94 bits per heavy atom. The summed E-state index contributed by atoms with van der Waals surface area (Å²) in [5.74, 6) is 5.31. The summed E-state index contributed by atoms with van der Waals surface area (Å²) in [7, 11) is 0. The van der Waals surface area contributed by atoms with E-state index < -0.39 is 5.97 Å². The zero-order chi connectivity index (χ0) is 11.8. The van der Waals surface area contributed by atoms with Gasteiger partial charge < -0.3 is 5.11 Å². The van der Waals surface area contributed by atoms with E-state index in [1.54, 1.807) is 0 Å². The third kappa shape index (κ3) is 4.99. The summed E-state index contributed by atoms with van der Waals surface area (Å²) >= 11 is 3.31. The molecule has 3 heteroatoms. The summed E-state index contributed by atoms with van der Waals surface area (Å²) in [4.78, 5) is 10.4. The van der Waals surface area contributed by atoms with Crippen LogP contribution in [0.15, 0.2) is 24.3 Å². The van der Waals surface area contributed by atoms with Crippen molar-refractivity contribution in [2.45, 2.75) is 19.3 Å². The van der Waals surface area contributed by atoms with Crippen LogP contribution in [0.3, 0.4) is 0 Å². The van der Waals surface area contributed by atoms with Crippen molar-refractivity contribution in [3.63, 3.8) is 0 Å². The quantitative estimate of drug-likeness (QED) is 0.680.